The first-order chi connectivity index (χ1) is 14.7. The number of nitrogens with zero attached hydrogens (tertiary/aromatic N) is 2. The van der Waals surface area contributed by atoms with Gasteiger partial charge in [-0.3, -0.25) is 4.98 Å². The van der Waals surface area contributed by atoms with E-state index >= 15 is 0 Å². The monoisotopic (exact) mass is 415 g/mol. The molecule has 0 amide bonds. The van der Waals surface area contributed by atoms with E-state index < -0.39 is 0 Å². The molecule has 3 nitrogen and oxygen atoms in total. The minimum absolute atomic E-state index is 0.424. The lowest BCUT2D eigenvalue weighted by Gasteiger charge is -2.32. The van der Waals surface area contributed by atoms with Gasteiger partial charge in [-0.15, -0.1) is 0 Å². The van der Waals surface area contributed by atoms with E-state index in [9.17, 15) is 0 Å². The molecule has 0 saturated heterocycles. The average Bonchev–Trinajstić information content (AvgIpc) is 3.29. The number of H-pyrrole nitrogens is 1. The van der Waals surface area contributed by atoms with Crippen LogP contribution in [0.15, 0.2) is 67.0 Å². The van der Waals surface area contributed by atoms with Crippen LogP contribution in [0.5, 0.6) is 0 Å². The first-order valence-electron chi connectivity index (χ1n) is 10.8. The zero-order chi connectivity index (χ0) is 20.5. The molecule has 2 heterocycles. The Labute approximate surface area is 182 Å². The van der Waals surface area contributed by atoms with E-state index in [2.05, 4.69) is 53.3 Å². The Kier molecular flexibility index (Phi) is 5.30. The molecule has 0 aliphatic heterocycles. The predicted molar refractivity (Wildman–Crippen MR) is 124 cm³/mol. The normalized spacial score (nSPS) is 20.3. The zero-order valence-corrected chi connectivity index (χ0v) is 17.9. The molecule has 2 aromatic carbocycles. The van der Waals surface area contributed by atoms with Gasteiger partial charge in [0.2, 0.25) is 0 Å². The van der Waals surface area contributed by atoms with E-state index in [1.807, 2.05) is 30.6 Å². The van der Waals surface area contributed by atoms with E-state index in [4.69, 9.17) is 16.6 Å². The number of hydrogen-bond donors (Lipinski definition) is 1. The third kappa shape index (κ3) is 3.75. The van der Waals surface area contributed by atoms with E-state index in [-0.39, 0.29) is 0 Å². The minimum Gasteiger partial charge on any atom is -0.342 e. The van der Waals surface area contributed by atoms with Crippen LogP contribution in [0.25, 0.3) is 22.2 Å². The van der Waals surface area contributed by atoms with Crippen LogP contribution in [-0.2, 0) is 0 Å². The van der Waals surface area contributed by atoms with Gasteiger partial charge in [0.1, 0.15) is 5.82 Å². The van der Waals surface area contributed by atoms with Gasteiger partial charge in [-0.05, 0) is 67.3 Å². The van der Waals surface area contributed by atoms with Crippen LogP contribution in [0.4, 0.5) is 0 Å². The molecular formula is C26H26ClN3. The number of nitrogens with one attached hydrogen (secondary N) is 1. The topological polar surface area (TPSA) is 41.6 Å². The van der Waals surface area contributed by atoms with Crippen molar-refractivity contribution in [3.63, 3.8) is 0 Å². The van der Waals surface area contributed by atoms with Crippen LogP contribution in [0.2, 0.25) is 5.02 Å². The van der Waals surface area contributed by atoms with Crippen molar-refractivity contribution in [3.05, 3.63) is 83.4 Å². The lowest BCUT2D eigenvalue weighted by Crippen LogP contribution is -2.19. The Morgan fingerprint density at radius 1 is 0.967 bits per heavy atom. The maximum absolute atomic E-state index is 6.15. The first kappa shape index (κ1) is 19.3. The number of fused-ring (bicyclic) bond motifs is 1. The van der Waals surface area contributed by atoms with E-state index in [0.717, 1.165) is 27.6 Å². The third-order valence-corrected chi connectivity index (χ3v) is 7.00. The second-order valence-electron chi connectivity index (χ2n) is 8.51. The Hall–Kier alpha value is -2.65. The fourth-order valence-electron chi connectivity index (χ4n) is 5.00. The Morgan fingerprint density at radius 2 is 1.80 bits per heavy atom. The summed E-state index contributed by atoms with van der Waals surface area (Å²) >= 11 is 6.15. The molecule has 4 aromatic rings. The number of halogens is 1. The van der Waals surface area contributed by atoms with Crippen LogP contribution in [0.3, 0.4) is 0 Å². The van der Waals surface area contributed by atoms with Crippen molar-refractivity contribution >= 4 is 22.5 Å². The largest absolute Gasteiger partial charge is 0.342 e. The summed E-state index contributed by atoms with van der Waals surface area (Å²) in [5.74, 6) is 2.79. The molecular weight excluding hydrogens is 390 g/mol. The maximum Gasteiger partial charge on any atom is 0.109 e. The summed E-state index contributed by atoms with van der Waals surface area (Å²) in [4.78, 5) is 12.8. The van der Waals surface area contributed by atoms with Crippen LogP contribution >= 0.6 is 11.6 Å². The Balaban J connectivity index is 1.29. The van der Waals surface area contributed by atoms with Crippen molar-refractivity contribution in [1.29, 1.82) is 0 Å². The Morgan fingerprint density at radius 3 is 2.63 bits per heavy atom. The molecule has 1 fully saturated rings. The first-order valence-corrected chi connectivity index (χ1v) is 11.2. The molecule has 2 aromatic heterocycles. The molecule has 5 rings (SSSR count). The summed E-state index contributed by atoms with van der Waals surface area (Å²) in [5.41, 5.74) is 4.69. The summed E-state index contributed by atoms with van der Waals surface area (Å²) in [6, 6.07) is 18.7. The summed E-state index contributed by atoms with van der Waals surface area (Å²) in [6.45, 7) is 2.31. The van der Waals surface area contributed by atoms with Crippen molar-refractivity contribution < 1.29 is 0 Å². The molecule has 30 heavy (non-hydrogen) atoms. The van der Waals surface area contributed by atoms with E-state index in [0.29, 0.717) is 17.8 Å². The van der Waals surface area contributed by atoms with Crippen molar-refractivity contribution in [2.45, 2.75) is 44.4 Å². The van der Waals surface area contributed by atoms with E-state index in [1.54, 1.807) is 0 Å². The van der Waals surface area contributed by atoms with Crippen molar-refractivity contribution in [3.8, 4) is 11.3 Å². The lowest BCUT2D eigenvalue weighted by molar-refractivity contribution is 0.286. The second-order valence-corrected chi connectivity index (χ2v) is 8.95. The number of rotatable bonds is 4. The summed E-state index contributed by atoms with van der Waals surface area (Å²) < 4.78 is 0. The van der Waals surface area contributed by atoms with Crippen LogP contribution in [-0.4, -0.2) is 15.0 Å². The molecule has 1 aliphatic rings. The molecule has 1 N–H and O–H groups in total. The van der Waals surface area contributed by atoms with Gasteiger partial charge in [0, 0.05) is 28.1 Å². The Bertz CT molecular complexity index is 1150. The number of aromatic nitrogens is 3. The molecule has 1 aliphatic carbocycles. The summed E-state index contributed by atoms with van der Waals surface area (Å²) in [5, 5.41) is 2.06. The van der Waals surface area contributed by atoms with Gasteiger partial charge in [-0.1, -0.05) is 48.9 Å². The molecule has 152 valence electrons. The van der Waals surface area contributed by atoms with Crippen LogP contribution in [0, 0.1) is 5.92 Å². The molecule has 0 unspecified atom stereocenters. The molecule has 1 atom stereocenters. The van der Waals surface area contributed by atoms with Crippen molar-refractivity contribution in [2.75, 3.05) is 0 Å². The zero-order valence-electron chi connectivity index (χ0n) is 17.2. The van der Waals surface area contributed by atoms with Gasteiger partial charge in [-0.2, -0.15) is 0 Å². The maximum atomic E-state index is 6.15. The predicted octanol–water partition coefficient (Wildman–Crippen LogP) is 7.36. The van der Waals surface area contributed by atoms with Gasteiger partial charge in [0.15, 0.2) is 0 Å². The highest BCUT2D eigenvalue weighted by Crippen LogP contribution is 2.42. The van der Waals surface area contributed by atoms with Crippen LogP contribution in [0.1, 0.15) is 55.8 Å². The second kappa shape index (κ2) is 8.23. The highest BCUT2D eigenvalue weighted by atomic mass is 35.5. The SMILES string of the molecule is C[C@@H](c1ncc(-c2cccc(Cl)c2)[nH]1)C1CCC(c2ccnc3ccccc23)CC1. The number of para-hydroxylation sites is 1. The number of imidazole rings is 1. The lowest BCUT2D eigenvalue weighted by atomic mass is 9.73. The van der Waals surface area contributed by atoms with Gasteiger partial charge in [0.25, 0.3) is 0 Å². The molecule has 0 spiro atoms. The van der Waals surface area contributed by atoms with Gasteiger partial charge >= 0.3 is 0 Å². The minimum atomic E-state index is 0.424. The molecule has 4 heteroatoms. The third-order valence-electron chi connectivity index (χ3n) is 6.76. The van der Waals surface area contributed by atoms with Gasteiger partial charge < -0.3 is 4.98 Å². The van der Waals surface area contributed by atoms with E-state index in [1.165, 1.54) is 36.6 Å². The highest BCUT2D eigenvalue weighted by Gasteiger charge is 2.29. The number of aromatic amines is 1. The van der Waals surface area contributed by atoms with Crippen LogP contribution < -0.4 is 0 Å². The highest BCUT2D eigenvalue weighted by molar-refractivity contribution is 6.30. The molecule has 0 radical (unpaired) electrons. The van der Waals surface area contributed by atoms with Crippen molar-refractivity contribution in [2.24, 2.45) is 5.92 Å². The number of pyridine rings is 1. The molecule has 0 bridgehead atoms. The quantitative estimate of drug-likeness (QED) is 0.378. The standard InChI is InChI=1S/C26H26ClN3/c1-17(26-29-16-25(30-26)20-5-4-6-21(27)15-20)18-9-11-19(12-10-18)22-13-14-28-24-8-3-2-7-23(22)24/h2-8,13-19H,9-12H2,1H3,(H,29,30)/t17-,18?,19?/m1/s1. The number of hydrogen-bond acceptors (Lipinski definition) is 2. The molecule has 1 saturated carbocycles. The summed E-state index contributed by atoms with van der Waals surface area (Å²) in [7, 11) is 0. The fourth-order valence-corrected chi connectivity index (χ4v) is 5.19. The van der Waals surface area contributed by atoms with Gasteiger partial charge in [-0.25, -0.2) is 4.98 Å². The van der Waals surface area contributed by atoms with Gasteiger partial charge in [0.05, 0.1) is 17.4 Å². The average molecular weight is 416 g/mol. The van der Waals surface area contributed by atoms with Crippen molar-refractivity contribution in [1.82, 2.24) is 15.0 Å². The fraction of sp³-hybridized carbons (Fsp3) is 0.308. The summed E-state index contributed by atoms with van der Waals surface area (Å²) in [6.07, 6.45) is 8.82. The smallest absolute Gasteiger partial charge is 0.109 e. The number of benzene rings is 2.